The fourth-order valence-corrected chi connectivity index (χ4v) is 2.24. The quantitative estimate of drug-likeness (QED) is 0.430. The lowest BCUT2D eigenvalue weighted by Crippen LogP contribution is -1.96. The molecule has 0 amide bonds. The minimum absolute atomic E-state index is 0.0189. The van der Waals surface area contributed by atoms with Gasteiger partial charge in [-0.3, -0.25) is 4.79 Å². The largest absolute Gasteiger partial charge is 0.507 e. The molecule has 0 fully saturated rings. The summed E-state index contributed by atoms with van der Waals surface area (Å²) < 4.78 is 0. The summed E-state index contributed by atoms with van der Waals surface area (Å²) in [6, 6.07) is 22.4. The number of benzene rings is 3. The van der Waals surface area contributed by atoms with E-state index in [0.29, 0.717) is 11.1 Å². The lowest BCUT2D eigenvalue weighted by atomic mass is 10.0. The van der Waals surface area contributed by atoms with E-state index in [1.54, 1.807) is 24.3 Å². The number of allylic oxidation sites excluding steroid dienone is 1. The molecule has 1 N–H and O–H groups in total. The highest BCUT2D eigenvalue weighted by atomic mass is 16.3. The molecule has 0 saturated heterocycles. The van der Waals surface area contributed by atoms with Crippen molar-refractivity contribution in [1.82, 2.24) is 0 Å². The highest BCUT2D eigenvalue weighted by Gasteiger charge is 2.06. The van der Waals surface area contributed by atoms with Crippen LogP contribution >= 0.6 is 0 Å². The molecule has 0 aliphatic carbocycles. The van der Waals surface area contributed by atoms with E-state index in [1.165, 1.54) is 6.08 Å². The fourth-order valence-electron chi connectivity index (χ4n) is 2.24. The van der Waals surface area contributed by atoms with E-state index >= 15 is 0 Å². The molecule has 3 rings (SSSR count). The van der Waals surface area contributed by atoms with Gasteiger partial charge in [0.15, 0.2) is 5.78 Å². The molecule has 0 spiro atoms. The second kappa shape index (κ2) is 5.63. The van der Waals surface area contributed by atoms with Crippen LogP contribution in [0.2, 0.25) is 0 Å². The highest BCUT2D eigenvalue weighted by molar-refractivity contribution is 6.08. The van der Waals surface area contributed by atoms with Gasteiger partial charge in [0.2, 0.25) is 0 Å². The Labute approximate surface area is 123 Å². The van der Waals surface area contributed by atoms with Gasteiger partial charge in [-0.2, -0.15) is 0 Å². The molecule has 0 unspecified atom stereocenters. The molecule has 3 aromatic carbocycles. The lowest BCUT2D eigenvalue weighted by Gasteiger charge is -2.03. The Hall–Kier alpha value is -2.87. The first-order valence-corrected chi connectivity index (χ1v) is 6.73. The van der Waals surface area contributed by atoms with E-state index in [9.17, 15) is 9.90 Å². The number of rotatable bonds is 3. The number of aliphatic hydroxyl groups excluding tert-OH is 1. The summed E-state index contributed by atoms with van der Waals surface area (Å²) in [5, 5.41) is 12.3. The fraction of sp³-hybridized carbons (Fsp3) is 0. The molecule has 0 atom stereocenters. The monoisotopic (exact) mass is 274 g/mol. The van der Waals surface area contributed by atoms with Gasteiger partial charge in [-0.25, -0.2) is 0 Å². The first-order chi connectivity index (χ1) is 10.2. The molecule has 3 aromatic rings. The molecule has 2 heteroatoms. The van der Waals surface area contributed by atoms with Crippen LogP contribution in [0.1, 0.15) is 15.9 Å². The Kier molecular flexibility index (Phi) is 3.52. The van der Waals surface area contributed by atoms with Gasteiger partial charge in [0.25, 0.3) is 0 Å². The van der Waals surface area contributed by atoms with Gasteiger partial charge in [0.1, 0.15) is 5.76 Å². The number of fused-ring (bicyclic) bond motifs is 1. The van der Waals surface area contributed by atoms with Gasteiger partial charge in [-0.15, -0.1) is 0 Å². The Bertz CT molecular complexity index is 817. The summed E-state index contributed by atoms with van der Waals surface area (Å²) in [6.45, 7) is 0. The van der Waals surface area contributed by atoms with Crippen LogP contribution in [0.4, 0.5) is 0 Å². The van der Waals surface area contributed by atoms with E-state index in [-0.39, 0.29) is 11.5 Å². The summed E-state index contributed by atoms with van der Waals surface area (Å²) in [4.78, 5) is 12.1. The van der Waals surface area contributed by atoms with E-state index in [4.69, 9.17) is 0 Å². The molecule has 0 radical (unpaired) electrons. The maximum atomic E-state index is 12.1. The maximum Gasteiger partial charge on any atom is 0.189 e. The first-order valence-electron chi connectivity index (χ1n) is 6.73. The predicted molar refractivity (Wildman–Crippen MR) is 85.3 cm³/mol. The molecular weight excluding hydrogens is 260 g/mol. The van der Waals surface area contributed by atoms with Crippen molar-refractivity contribution in [2.24, 2.45) is 0 Å². The molecule has 0 heterocycles. The van der Waals surface area contributed by atoms with Gasteiger partial charge in [-0.05, 0) is 16.8 Å². The zero-order valence-corrected chi connectivity index (χ0v) is 11.4. The van der Waals surface area contributed by atoms with Crippen molar-refractivity contribution in [2.75, 3.05) is 0 Å². The Morgan fingerprint density at radius 2 is 1.43 bits per heavy atom. The van der Waals surface area contributed by atoms with Crippen LogP contribution in [0.3, 0.4) is 0 Å². The average molecular weight is 274 g/mol. The molecule has 0 bridgehead atoms. The zero-order chi connectivity index (χ0) is 14.7. The van der Waals surface area contributed by atoms with E-state index in [1.807, 2.05) is 48.5 Å². The van der Waals surface area contributed by atoms with Crippen molar-refractivity contribution >= 4 is 22.3 Å². The second-order valence-electron chi connectivity index (χ2n) is 4.82. The average Bonchev–Trinajstić information content (AvgIpc) is 2.55. The molecule has 2 nitrogen and oxygen atoms in total. The SMILES string of the molecule is O=C(/C=C(\O)c1ccc2ccccc2c1)c1ccccc1. The molecule has 0 aromatic heterocycles. The number of aliphatic hydroxyl groups is 1. The van der Waals surface area contributed by atoms with Gasteiger partial charge in [0, 0.05) is 17.2 Å². The minimum atomic E-state index is -0.207. The van der Waals surface area contributed by atoms with Crippen LogP contribution in [-0.4, -0.2) is 10.9 Å². The van der Waals surface area contributed by atoms with Gasteiger partial charge in [-0.1, -0.05) is 66.7 Å². The van der Waals surface area contributed by atoms with Gasteiger partial charge < -0.3 is 5.11 Å². The molecule has 0 saturated carbocycles. The van der Waals surface area contributed by atoms with Crippen molar-refractivity contribution in [1.29, 1.82) is 0 Å². The Morgan fingerprint density at radius 1 is 0.762 bits per heavy atom. The van der Waals surface area contributed by atoms with Crippen LogP contribution < -0.4 is 0 Å². The smallest absolute Gasteiger partial charge is 0.189 e. The molecular formula is C19H14O2. The third-order valence-electron chi connectivity index (χ3n) is 3.37. The van der Waals surface area contributed by atoms with Gasteiger partial charge >= 0.3 is 0 Å². The highest BCUT2D eigenvalue weighted by Crippen LogP contribution is 2.20. The van der Waals surface area contributed by atoms with Crippen LogP contribution in [0.15, 0.2) is 78.9 Å². The third-order valence-corrected chi connectivity index (χ3v) is 3.37. The number of carbonyl (C=O) groups is 1. The number of hydrogen-bond acceptors (Lipinski definition) is 2. The minimum Gasteiger partial charge on any atom is -0.507 e. The van der Waals surface area contributed by atoms with E-state index < -0.39 is 0 Å². The van der Waals surface area contributed by atoms with Gasteiger partial charge in [0.05, 0.1) is 0 Å². The van der Waals surface area contributed by atoms with Crippen LogP contribution in [0.5, 0.6) is 0 Å². The van der Waals surface area contributed by atoms with E-state index in [2.05, 4.69) is 0 Å². The van der Waals surface area contributed by atoms with Crippen LogP contribution in [-0.2, 0) is 0 Å². The number of carbonyl (C=O) groups excluding carboxylic acids is 1. The summed E-state index contributed by atoms with van der Waals surface area (Å²) in [5.74, 6) is -0.226. The Morgan fingerprint density at radius 3 is 2.19 bits per heavy atom. The van der Waals surface area contributed by atoms with Crippen LogP contribution in [0, 0.1) is 0 Å². The molecule has 0 aliphatic heterocycles. The topological polar surface area (TPSA) is 37.3 Å². The summed E-state index contributed by atoms with van der Waals surface area (Å²) >= 11 is 0. The van der Waals surface area contributed by atoms with Crippen molar-refractivity contribution in [2.45, 2.75) is 0 Å². The second-order valence-corrected chi connectivity index (χ2v) is 4.82. The zero-order valence-electron chi connectivity index (χ0n) is 11.4. The number of hydrogen-bond donors (Lipinski definition) is 1. The normalized spacial score (nSPS) is 11.5. The first kappa shape index (κ1) is 13.1. The van der Waals surface area contributed by atoms with Crippen molar-refractivity contribution in [3.8, 4) is 0 Å². The van der Waals surface area contributed by atoms with E-state index in [0.717, 1.165) is 10.8 Å². The number of ketones is 1. The summed E-state index contributed by atoms with van der Waals surface area (Å²) in [6.07, 6.45) is 1.26. The molecule has 102 valence electrons. The van der Waals surface area contributed by atoms with Crippen molar-refractivity contribution in [3.05, 3.63) is 90.0 Å². The lowest BCUT2D eigenvalue weighted by molar-refractivity contribution is 0.104. The third kappa shape index (κ3) is 2.84. The molecule has 21 heavy (non-hydrogen) atoms. The van der Waals surface area contributed by atoms with Crippen molar-refractivity contribution < 1.29 is 9.90 Å². The van der Waals surface area contributed by atoms with Crippen LogP contribution in [0.25, 0.3) is 16.5 Å². The van der Waals surface area contributed by atoms with Crippen molar-refractivity contribution in [3.63, 3.8) is 0 Å². The standard InChI is InChI=1S/C19H14O2/c20-18(15-7-2-1-3-8-15)13-19(21)17-11-10-14-6-4-5-9-16(14)12-17/h1-13,21H/b19-13-. The maximum absolute atomic E-state index is 12.1. The Balaban J connectivity index is 1.94. The predicted octanol–water partition coefficient (Wildman–Crippen LogP) is 4.62. The summed E-state index contributed by atoms with van der Waals surface area (Å²) in [7, 11) is 0. The molecule has 0 aliphatic rings. The summed E-state index contributed by atoms with van der Waals surface area (Å²) in [5.41, 5.74) is 1.20.